The minimum absolute atomic E-state index is 0.0846. The second-order valence-corrected chi connectivity index (χ2v) is 5.95. The molecule has 0 radical (unpaired) electrons. The monoisotopic (exact) mass is 283 g/mol. The van der Waals surface area contributed by atoms with Gasteiger partial charge in [0.2, 0.25) is 0 Å². The van der Waals surface area contributed by atoms with Gasteiger partial charge in [0, 0.05) is 31.1 Å². The van der Waals surface area contributed by atoms with E-state index in [0.29, 0.717) is 12.5 Å². The van der Waals surface area contributed by atoms with Crippen LogP contribution in [-0.4, -0.2) is 53.2 Å². The highest BCUT2D eigenvalue weighted by molar-refractivity contribution is 5.74. The number of nitrogens with zero attached hydrogens (tertiary/aromatic N) is 1. The van der Waals surface area contributed by atoms with Crippen molar-refractivity contribution >= 4 is 12.0 Å². The molecule has 20 heavy (non-hydrogen) atoms. The molecule has 3 N–H and O–H groups in total. The van der Waals surface area contributed by atoms with Crippen molar-refractivity contribution in [3.8, 4) is 0 Å². The first-order valence-corrected chi connectivity index (χ1v) is 7.59. The zero-order valence-corrected chi connectivity index (χ0v) is 12.1. The van der Waals surface area contributed by atoms with Gasteiger partial charge in [-0.15, -0.1) is 0 Å². The van der Waals surface area contributed by atoms with Crippen molar-refractivity contribution in [3.63, 3.8) is 0 Å². The Hall–Kier alpha value is -1.30. The van der Waals surface area contributed by atoms with Crippen LogP contribution in [-0.2, 0) is 4.79 Å². The van der Waals surface area contributed by atoms with Crippen LogP contribution in [0, 0.1) is 0 Å². The van der Waals surface area contributed by atoms with Gasteiger partial charge < -0.3 is 15.7 Å². The van der Waals surface area contributed by atoms with E-state index in [9.17, 15) is 9.59 Å². The Bertz CT molecular complexity index is 362. The van der Waals surface area contributed by atoms with E-state index in [1.165, 1.54) is 19.3 Å². The Labute approximate surface area is 119 Å². The predicted molar refractivity (Wildman–Crippen MR) is 75.6 cm³/mol. The van der Waals surface area contributed by atoms with Crippen molar-refractivity contribution in [1.82, 2.24) is 15.5 Å². The quantitative estimate of drug-likeness (QED) is 0.707. The Morgan fingerprint density at radius 2 is 2.10 bits per heavy atom. The number of piperidine rings is 1. The summed E-state index contributed by atoms with van der Waals surface area (Å²) in [5.74, 6) is -0.826. The number of carboxylic acid groups (broad SMARTS) is 1. The summed E-state index contributed by atoms with van der Waals surface area (Å²) in [6.07, 6.45) is 5.24. The Kier molecular flexibility index (Phi) is 5.23. The number of aliphatic carboxylic acids is 1. The van der Waals surface area contributed by atoms with Gasteiger partial charge >= 0.3 is 12.0 Å². The van der Waals surface area contributed by atoms with Crippen LogP contribution in [0.2, 0.25) is 0 Å². The molecule has 2 aliphatic heterocycles. The van der Waals surface area contributed by atoms with Crippen LogP contribution in [0.3, 0.4) is 0 Å². The lowest BCUT2D eigenvalue weighted by molar-refractivity contribution is -0.137. The summed E-state index contributed by atoms with van der Waals surface area (Å²) in [6, 6.07) is 0.445. The third kappa shape index (κ3) is 4.10. The molecule has 0 aromatic carbocycles. The van der Waals surface area contributed by atoms with Crippen LogP contribution in [0.5, 0.6) is 0 Å². The standard InChI is InChI=1S/C14H25N3O3/c1-10(5-6-13(18)19)15-14(20)16-11-7-9-17-8-3-2-4-12(11)17/h10-12H,2-9H2,1H3,(H,18,19)(H2,15,16,20). The summed E-state index contributed by atoms with van der Waals surface area (Å²) in [6.45, 7) is 4.06. The number of fused-ring (bicyclic) bond motifs is 1. The molecule has 3 unspecified atom stereocenters. The fourth-order valence-corrected chi connectivity index (χ4v) is 3.26. The largest absolute Gasteiger partial charge is 0.481 e. The summed E-state index contributed by atoms with van der Waals surface area (Å²) >= 11 is 0. The topological polar surface area (TPSA) is 81.7 Å². The van der Waals surface area contributed by atoms with E-state index in [4.69, 9.17) is 5.11 Å². The molecule has 2 fully saturated rings. The van der Waals surface area contributed by atoms with Crippen molar-refractivity contribution in [1.29, 1.82) is 0 Å². The molecule has 2 heterocycles. The lowest BCUT2D eigenvalue weighted by Gasteiger charge is -2.32. The van der Waals surface area contributed by atoms with Gasteiger partial charge in [-0.25, -0.2) is 4.79 Å². The smallest absolute Gasteiger partial charge is 0.315 e. The lowest BCUT2D eigenvalue weighted by atomic mass is 9.99. The van der Waals surface area contributed by atoms with Gasteiger partial charge in [-0.3, -0.25) is 9.69 Å². The summed E-state index contributed by atoms with van der Waals surface area (Å²) < 4.78 is 0. The molecule has 2 aliphatic rings. The van der Waals surface area contributed by atoms with Crippen LogP contribution < -0.4 is 10.6 Å². The molecule has 0 saturated carbocycles. The van der Waals surface area contributed by atoms with Gasteiger partial charge in [0.25, 0.3) is 0 Å². The molecule has 0 bridgehead atoms. The van der Waals surface area contributed by atoms with E-state index in [-0.39, 0.29) is 24.5 Å². The number of hydrogen-bond donors (Lipinski definition) is 3. The third-order valence-corrected chi connectivity index (χ3v) is 4.34. The van der Waals surface area contributed by atoms with Crippen LogP contribution in [0.15, 0.2) is 0 Å². The molecule has 6 nitrogen and oxygen atoms in total. The number of carbonyl (C=O) groups is 2. The van der Waals surface area contributed by atoms with E-state index in [1.54, 1.807) is 0 Å². The number of rotatable bonds is 5. The fraction of sp³-hybridized carbons (Fsp3) is 0.857. The molecule has 2 saturated heterocycles. The van der Waals surface area contributed by atoms with Crippen molar-refractivity contribution in [3.05, 3.63) is 0 Å². The number of urea groups is 1. The summed E-state index contributed by atoms with van der Waals surface area (Å²) in [5.41, 5.74) is 0. The number of amides is 2. The van der Waals surface area contributed by atoms with Crippen molar-refractivity contribution in [2.24, 2.45) is 0 Å². The Balaban J connectivity index is 1.72. The SMILES string of the molecule is CC(CCC(=O)O)NC(=O)NC1CCN2CCCCC12. The molecule has 0 spiro atoms. The molecule has 2 rings (SSSR count). The first-order chi connectivity index (χ1) is 9.56. The van der Waals surface area contributed by atoms with E-state index >= 15 is 0 Å². The van der Waals surface area contributed by atoms with Gasteiger partial charge in [-0.05, 0) is 39.2 Å². The maximum absolute atomic E-state index is 11.9. The summed E-state index contributed by atoms with van der Waals surface area (Å²) in [7, 11) is 0. The highest BCUT2D eigenvalue weighted by atomic mass is 16.4. The van der Waals surface area contributed by atoms with Gasteiger partial charge in [0.1, 0.15) is 0 Å². The van der Waals surface area contributed by atoms with Crippen molar-refractivity contribution in [2.75, 3.05) is 13.1 Å². The van der Waals surface area contributed by atoms with Gasteiger partial charge in [0.15, 0.2) is 0 Å². The zero-order valence-electron chi connectivity index (χ0n) is 12.1. The van der Waals surface area contributed by atoms with E-state index in [1.807, 2.05) is 6.92 Å². The third-order valence-electron chi connectivity index (χ3n) is 4.34. The second kappa shape index (κ2) is 6.92. The fourth-order valence-electron chi connectivity index (χ4n) is 3.26. The normalized spacial score (nSPS) is 27.6. The Morgan fingerprint density at radius 3 is 2.85 bits per heavy atom. The molecule has 6 heteroatoms. The van der Waals surface area contributed by atoms with E-state index < -0.39 is 5.97 Å². The van der Waals surface area contributed by atoms with Gasteiger partial charge in [-0.2, -0.15) is 0 Å². The molecule has 0 aromatic heterocycles. The molecular weight excluding hydrogens is 258 g/mol. The number of carboxylic acids is 1. The Morgan fingerprint density at radius 1 is 1.30 bits per heavy atom. The van der Waals surface area contributed by atoms with E-state index in [0.717, 1.165) is 19.5 Å². The molecule has 0 aromatic rings. The maximum Gasteiger partial charge on any atom is 0.315 e. The molecule has 114 valence electrons. The van der Waals surface area contributed by atoms with Crippen LogP contribution >= 0.6 is 0 Å². The van der Waals surface area contributed by atoms with Crippen LogP contribution in [0.25, 0.3) is 0 Å². The highest BCUT2D eigenvalue weighted by Crippen LogP contribution is 2.26. The number of nitrogens with one attached hydrogen (secondary N) is 2. The molecule has 0 aliphatic carbocycles. The maximum atomic E-state index is 11.9. The molecule has 3 atom stereocenters. The average molecular weight is 283 g/mol. The molecule has 2 amide bonds. The first-order valence-electron chi connectivity index (χ1n) is 7.59. The number of hydrogen-bond acceptors (Lipinski definition) is 3. The number of carbonyl (C=O) groups excluding carboxylic acids is 1. The zero-order chi connectivity index (χ0) is 14.5. The van der Waals surface area contributed by atoms with Gasteiger partial charge in [-0.1, -0.05) is 6.42 Å². The second-order valence-electron chi connectivity index (χ2n) is 5.95. The lowest BCUT2D eigenvalue weighted by Crippen LogP contribution is -2.51. The van der Waals surface area contributed by atoms with Crippen molar-refractivity contribution < 1.29 is 14.7 Å². The average Bonchev–Trinajstić information content (AvgIpc) is 2.80. The molecular formula is C14H25N3O3. The minimum Gasteiger partial charge on any atom is -0.481 e. The van der Waals surface area contributed by atoms with E-state index in [2.05, 4.69) is 15.5 Å². The summed E-state index contributed by atoms with van der Waals surface area (Å²) in [5, 5.41) is 14.5. The van der Waals surface area contributed by atoms with Crippen LogP contribution in [0.1, 0.15) is 45.4 Å². The summed E-state index contributed by atoms with van der Waals surface area (Å²) in [4.78, 5) is 24.9. The highest BCUT2D eigenvalue weighted by Gasteiger charge is 2.36. The van der Waals surface area contributed by atoms with Gasteiger partial charge in [0.05, 0.1) is 0 Å². The van der Waals surface area contributed by atoms with Crippen molar-refractivity contribution in [2.45, 2.75) is 63.6 Å². The minimum atomic E-state index is -0.826. The first kappa shape index (κ1) is 15.1. The predicted octanol–water partition coefficient (Wildman–Crippen LogP) is 1.17. The van der Waals surface area contributed by atoms with Crippen LogP contribution in [0.4, 0.5) is 4.79 Å².